The zero-order valence-corrected chi connectivity index (χ0v) is 11.0. The van der Waals surface area contributed by atoms with Gasteiger partial charge in [0.25, 0.3) is 6.02 Å². The lowest BCUT2D eigenvalue weighted by Gasteiger charge is -2.31. The van der Waals surface area contributed by atoms with Crippen LogP contribution in [0.25, 0.3) is 0 Å². The molecule has 0 bridgehead atoms. The Kier molecular flexibility index (Phi) is 2.59. The number of amidine groups is 1. The van der Waals surface area contributed by atoms with Gasteiger partial charge in [0.15, 0.2) is 0 Å². The minimum atomic E-state index is -1.24. The van der Waals surface area contributed by atoms with E-state index in [-0.39, 0.29) is 23.6 Å². The number of nitrogens with zero attached hydrogens (tertiary/aromatic N) is 1. The topological polar surface area (TPSA) is 47.6 Å². The second-order valence-electron chi connectivity index (χ2n) is 4.63. The first-order valence-electron chi connectivity index (χ1n) is 5.60. The molecule has 0 amide bonds. The van der Waals surface area contributed by atoms with Gasteiger partial charge in [-0.15, -0.1) is 0 Å². The highest BCUT2D eigenvalue weighted by Crippen LogP contribution is 2.53. The van der Waals surface area contributed by atoms with Crippen LogP contribution in [0.3, 0.4) is 0 Å². The Balaban J connectivity index is 2.16. The molecule has 1 heterocycles. The van der Waals surface area contributed by atoms with Crippen molar-refractivity contribution in [3.8, 4) is 0 Å². The maximum atomic E-state index is 14.0. The molecule has 1 aromatic rings. The van der Waals surface area contributed by atoms with Gasteiger partial charge >= 0.3 is 0 Å². The van der Waals surface area contributed by atoms with Crippen molar-refractivity contribution in [2.75, 3.05) is 6.67 Å². The summed E-state index contributed by atoms with van der Waals surface area (Å²) < 4.78 is 33.5. The van der Waals surface area contributed by atoms with E-state index >= 15 is 0 Å². The monoisotopic (exact) mass is 316 g/mol. The number of alkyl halides is 1. The van der Waals surface area contributed by atoms with Gasteiger partial charge in [-0.3, -0.25) is 0 Å². The Bertz CT molecular complexity index is 537. The zero-order chi connectivity index (χ0) is 12.9. The lowest BCUT2D eigenvalue weighted by molar-refractivity contribution is 0.168. The summed E-state index contributed by atoms with van der Waals surface area (Å²) in [4.78, 5) is 4.06. The Hall–Kier alpha value is -1.17. The number of nitrogens with two attached hydrogens (primary N) is 1. The largest absolute Gasteiger partial charge is 0.462 e. The summed E-state index contributed by atoms with van der Waals surface area (Å²) in [5, 5.41) is 0. The van der Waals surface area contributed by atoms with E-state index in [0.717, 1.165) is 0 Å². The average Bonchev–Trinajstić information content (AvgIpc) is 3.10. The molecular weight excluding hydrogens is 306 g/mol. The number of rotatable bonds is 2. The molecular formula is C12H11BrF2N2O. The van der Waals surface area contributed by atoms with Crippen LogP contribution < -0.4 is 5.73 Å². The lowest BCUT2D eigenvalue weighted by Crippen LogP contribution is -2.39. The quantitative estimate of drug-likeness (QED) is 0.911. The SMILES string of the molecule is NC1=NC(CF)(c2cc(Br)ccc2F)C2CC2O1. The fraction of sp³-hybridized carbons (Fsp3) is 0.417. The molecule has 1 aliphatic carbocycles. The average molecular weight is 317 g/mol. The summed E-state index contributed by atoms with van der Waals surface area (Å²) in [6, 6.07) is 4.37. The molecule has 1 saturated carbocycles. The van der Waals surface area contributed by atoms with Gasteiger partial charge in [0.1, 0.15) is 24.1 Å². The number of benzene rings is 1. The van der Waals surface area contributed by atoms with Crippen LogP contribution in [0.15, 0.2) is 27.7 Å². The highest BCUT2D eigenvalue weighted by atomic mass is 79.9. The Labute approximate surface area is 111 Å². The number of ether oxygens (including phenoxy) is 1. The summed E-state index contributed by atoms with van der Waals surface area (Å²) >= 11 is 3.26. The Morgan fingerprint density at radius 1 is 1.56 bits per heavy atom. The van der Waals surface area contributed by atoms with Gasteiger partial charge in [-0.2, -0.15) is 0 Å². The predicted octanol–water partition coefficient (Wildman–Crippen LogP) is 2.49. The fourth-order valence-corrected chi connectivity index (χ4v) is 2.92. The molecule has 1 aromatic carbocycles. The third-order valence-corrected chi connectivity index (χ3v) is 4.02. The molecule has 0 spiro atoms. The summed E-state index contributed by atoms with van der Waals surface area (Å²) in [5.41, 5.74) is 4.55. The van der Waals surface area contributed by atoms with Crippen LogP contribution in [0, 0.1) is 11.7 Å². The van der Waals surface area contributed by atoms with Crippen LogP contribution in [0.4, 0.5) is 8.78 Å². The van der Waals surface area contributed by atoms with Crippen molar-refractivity contribution in [2.24, 2.45) is 16.6 Å². The molecule has 2 N–H and O–H groups in total. The normalized spacial score (nSPS) is 33.4. The molecule has 3 unspecified atom stereocenters. The van der Waals surface area contributed by atoms with E-state index in [0.29, 0.717) is 10.9 Å². The smallest absolute Gasteiger partial charge is 0.283 e. The van der Waals surface area contributed by atoms with Crippen LogP contribution >= 0.6 is 15.9 Å². The van der Waals surface area contributed by atoms with E-state index in [1.165, 1.54) is 6.07 Å². The highest BCUT2D eigenvalue weighted by molar-refractivity contribution is 9.10. The number of fused-ring (bicyclic) bond motifs is 1. The van der Waals surface area contributed by atoms with E-state index in [2.05, 4.69) is 20.9 Å². The second kappa shape index (κ2) is 3.91. The molecule has 1 fully saturated rings. The second-order valence-corrected chi connectivity index (χ2v) is 5.55. The highest BCUT2D eigenvalue weighted by Gasteiger charge is 2.59. The molecule has 1 aliphatic heterocycles. The molecule has 0 radical (unpaired) electrons. The van der Waals surface area contributed by atoms with Crippen molar-refractivity contribution < 1.29 is 13.5 Å². The summed E-state index contributed by atoms with van der Waals surface area (Å²) in [6.07, 6.45) is 0.511. The van der Waals surface area contributed by atoms with Crippen molar-refractivity contribution in [3.05, 3.63) is 34.1 Å². The van der Waals surface area contributed by atoms with E-state index in [1.807, 2.05) is 0 Å². The molecule has 3 atom stereocenters. The molecule has 0 saturated heterocycles. The van der Waals surface area contributed by atoms with Crippen molar-refractivity contribution in [2.45, 2.75) is 18.1 Å². The van der Waals surface area contributed by atoms with E-state index in [9.17, 15) is 8.78 Å². The van der Waals surface area contributed by atoms with Crippen molar-refractivity contribution in [3.63, 3.8) is 0 Å². The van der Waals surface area contributed by atoms with Crippen LogP contribution in [-0.2, 0) is 10.3 Å². The van der Waals surface area contributed by atoms with Crippen LogP contribution in [-0.4, -0.2) is 18.8 Å². The Morgan fingerprint density at radius 2 is 2.33 bits per heavy atom. The van der Waals surface area contributed by atoms with Gasteiger partial charge in [0, 0.05) is 16.0 Å². The molecule has 96 valence electrons. The van der Waals surface area contributed by atoms with Crippen LogP contribution in [0.2, 0.25) is 0 Å². The van der Waals surface area contributed by atoms with Gasteiger partial charge in [0.05, 0.1) is 0 Å². The number of aliphatic imine (C=N–C) groups is 1. The number of hydrogen-bond donors (Lipinski definition) is 1. The molecule has 6 heteroatoms. The summed E-state index contributed by atoms with van der Waals surface area (Å²) in [6.45, 7) is -0.786. The first kappa shape index (κ1) is 11.9. The van der Waals surface area contributed by atoms with Gasteiger partial charge in [-0.25, -0.2) is 13.8 Å². The standard InChI is InChI=1S/C12H11BrF2N2O/c13-6-1-2-9(15)7(3-6)12(5-14)8-4-10(8)18-11(16)17-12/h1-3,8,10H,4-5H2,(H2,16,17). The van der Waals surface area contributed by atoms with Gasteiger partial charge in [-0.1, -0.05) is 15.9 Å². The first-order valence-corrected chi connectivity index (χ1v) is 6.39. The summed E-state index contributed by atoms with van der Waals surface area (Å²) in [5.74, 6) is -0.612. The van der Waals surface area contributed by atoms with Crippen molar-refractivity contribution >= 4 is 22.0 Å². The third kappa shape index (κ3) is 1.62. The lowest BCUT2D eigenvalue weighted by atomic mass is 9.86. The maximum absolute atomic E-state index is 14.0. The first-order chi connectivity index (χ1) is 8.56. The van der Waals surface area contributed by atoms with E-state index in [1.54, 1.807) is 12.1 Å². The minimum absolute atomic E-state index is 0.0641. The van der Waals surface area contributed by atoms with Gasteiger partial charge < -0.3 is 10.5 Å². The molecule has 0 aromatic heterocycles. The Morgan fingerprint density at radius 3 is 3.06 bits per heavy atom. The van der Waals surface area contributed by atoms with Crippen molar-refractivity contribution in [1.29, 1.82) is 0 Å². The third-order valence-electron chi connectivity index (χ3n) is 3.53. The molecule has 2 aliphatic rings. The van der Waals surface area contributed by atoms with Gasteiger partial charge in [-0.05, 0) is 24.6 Å². The van der Waals surface area contributed by atoms with Crippen LogP contribution in [0.5, 0.6) is 0 Å². The van der Waals surface area contributed by atoms with Gasteiger partial charge in [0.2, 0.25) is 0 Å². The van der Waals surface area contributed by atoms with Crippen LogP contribution in [0.1, 0.15) is 12.0 Å². The van der Waals surface area contributed by atoms with E-state index in [4.69, 9.17) is 10.5 Å². The summed E-state index contributed by atoms with van der Waals surface area (Å²) in [7, 11) is 0. The maximum Gasteiger partial charge on any atom is 0.283 e. The number of halogens is 3. The number of hydrogen-bond acceptors (Lipinski definition) is 3. The zero-order valence-electron chi connectivity index (χ0n) is 9.37. The van der Waals surface area contributed by atoms with E-state index < -0.39 is 18.0 Å². The van der Waals surface area contributed by atoms with Crippen molar-refractivity contribution in [1.82, 2.24) is 0 Å². The molecule has 3 rings (SSSR count). The minimum Gasteiger partial charge on any atom is -0.462 e. The predicted molar refractivity (Wildman–Crippen MR) is 66.4 cm³/mol. The fourth-order valence-electron chi connectivity index (χ4n) is 2.56. The molecule has 3 nitrogen and oxygen atoms in total. The molecule has 18 heavy (non-hydrogen) atoms.